The molecule has 170 valence electrons. The first-order valence-corrected chi connectivity index (χ1v) is 11.5. The third kappa shape index (κ3) is 8.48. The normalized spacial score (nSPS) is 19.9. The lowest BCUT2D eigenvalue weighted by Gasteiger charge is -2.39. The minimum atomic E-state index is -1.39. The Kier molecular flexibility index (Phi) is 10.6. The molecule has 1 amide bonds. The molecule has 1 heterocycles. The third-order valence-corrected chi connectivity index (χ3v) is 6.38. The number of piperidine rings is 1. The second-order valence-electron chi connectivity index (χ2n) is 8.38. The lowest BCUT2D eigenvalue weighted by atomic mass is 10.1. The lowest BCUT2D eigenvalue weighted by molar-refractivity contribution is 0.0160. The van der Waals surface area contributed by atoms with Crippen LogP contribution in [0, 0.1) is 0 Å². The van der Waals surface area contributed by atoms with Crippen molar-refractivity contribution in [3.05, 3.63) is 47.1 Å². The first-order chi connectivity index (χ1) is 14.0. The quantitative estimate of drug-likeness (QED) is 0.306. The number of likely N-dealkylation sites (tertiary alicyclic amines) is 1. The standard InChI is InChI=1S/C23H38N2O4S/c1-9-18(3)16-25(30(27)21(10-2)14-13-19(4)28-8)20-12-11-15-24(17-20)22(26)29-23(5,6)7/h9-10,13-14,20H,4,11-12,15-17H2,1-3,5-8H3/b14-13-,18-9+,21-10+. The number of methoxy groups -OCH3 is 1. The predicted octanol–water partition coefficient (Wildman–Crippen LogP) is 4.94. The van der Waals surface area contributed by atoms with Crippen LogP contribution in [0.3, 0.4) is 0 Å². The molecule has 6 nitrogen and oxygen atoms in total. The molecule has 0 radical (unpaired) electrons. The molecule has 1 saturated heterocycles. The maximum Gasteiger partial charge on any atom is 0.410 e. The fraction of sp³-hybridized carbons (Fsp3) is 0.609. The summed E-state index contributed by atoms with van der Waals surface area (Å²) in [6, 6.07) is -0.0315. The Labute approximate surface area is 184 Å². The predicted molar refractivity (Wildman–Crippen MR) is 124 cm³/mol. The first kappa shape index (κ1) is 26.2. The summed E-state index contributed by atoms with van der Waals surface area (Å²) < 4.78 is 26.1. The van der Waals surface area contributed by atoms with Gasteiger partial charge in [-0.15, -0.1) is 0 Å². The van der Waals surface area contributed by atoms with Crippen LogP contribution in [0.15, 0.2) is 47.1 Å². The van der Waals surface area contributed by atoms with Gasteiger partial charge in [0.05, 0.1) is 12.0 Å². The van der Waals surface area contributed by atoms with Gasteiger partial charge in [-0.3, -0.25) is 0 Å². The monoisotopic (exact) mass is 438 g/mol. The first-order valence-electron chi connectivity index (χ1n) is 10.4. The molecule has 0 aromatic heterocycles. The Bertz CT molecular complexity index is 719. The van der Waals surface area contributed by atoms with Crippen molar-refractivity contribution in [3.63, 3.8) is 0 Å². The van der Waals surface area contributed by atoms with E-state index in [-0.39, 0.29) is 12.1 Å². The van der Waals surface area contributed by atoms with Crippen LogP contribution in [0.1, 0.15) is 54.4 Å². The van der Waals surface area contributed by atoms with Crippen molar-refractivity contribution in [3.8, 4) is 0 Å². The van der Waals surface area contributed by atoms with E-state index in [4.69, 9.17) is 9.47 Å². The molecule has 2 unspecified atom stereocenters. The fourth-order valence-corrected chi connectivity index (χ4v) is 4.40. The lowest BCUT2D eigenvalue weighted by Crippen LogP contribution is -2.51. The summed E-state index contributed by atoms with van der Waals surface area (Å²) in [6.07, 6.45) is 8.74. The highest BCUT2D eigenvalue weighted by Crippen LogP contribution is 2.24. The molecule has 0 aliphatic carbocycles. The molecule has 0 bridgehead atoms. The zero-order valence-electron chi connectivity index (χ0n) is 19.6. The average molecular weight is 439 g/mol. The zero-order valence-corrected chi connectivity index (χ0v) is 20.4. The molecule has 30 heavy (non-hydrogen) atoms. The minimum Gasteiger partial charge on any atom is -0.497 e. The van der Waals surface area contributed by atoms with Gasteiger partial charge in [-0.05, 0) is 66.5 Å². The molecule has 0 aromatic carbocycles. The van der Waals surface area contributed by atoms with Gasteiger partial charge in [0.15, 0.2) is 0 Å². The van der Waals surface area contributed by atoms with E-state index in [1.54, 1.807) is 24.2 Å². The van der Waals surface area contributed by atoms with Crippen molar-refractivity contribution in [2.45, 2.75) is 66.0 Å². The summed E-state index contributed by atoms with van der Waals surface area (Å²) in [4.78, 5) is 15.0. The van der Waals surface area contributed by atoms with Gasteiger partial charge in [0.1, 0.15) is 22.3 Å². The molecule has 7 heteroatoms. The molecule has 1 aliphatic heterocycles. The molecule has 1 rings (SSSR count). The fourth-order valence-electron chi connectivity index (χ4n) is 2.98. The number of carbonyl (C=O) groups is 1. The molecule has 1 aliphatic rings. The van der Waals surface area contributed by atoms with Gasteiger partial charge in [0.2, 0.25) is 0 Å². The Hall–Kier alpha value is -1.86. The SMILES string of the molecule is C=C(/C=C\C(=C/C)S(=O)N(C/C(C)=C/C)C1CCCN(C(=O)OC(C)(C)C)C1)OC. The van der Waals surface area contributed by atoms with E-state index in [0.717, 1.165) is 18.4 Å². The average Bonchev–Trinajstić information content (AvgIpc) is 2.70. The van der Waals surface area contributed by atoms with E-state index in [2.05, 4.69) is 6.58 Å². The van der Waals surface area contributed by atoms with E-state index in [0.29, 0.717) is 30.3 Å². The summed E-state index contributed by atoms with van der Waals surface area (Å²) in [5.41, 5.74) is 0.583. The van der Waals surface area contributed by atoms with Gasteiger partial charge in [-0.25, -0.2) is 13.3 Å². The Morgan fingerprint density at radius 2 is 1.93 bits per heavy atom. The van der Waals surface area contributed by atoms with Crippen LogP contribution in [0.25, 0.3) is 0 Å². The highest BCUT2D eigenvalue weighted by atomic mass is 32.2. The van der Waals surface area contributed by atoms with Crippen LogP contribution in [0.2, 0.25) is 0 Å². The Morgan fingerprint density at radius 1 is 1.27 bits per heavy atom. The van der Waals surface area contributed by atoms with Crippen molar-refractivity contribution < 1.29 is 18.5 Å². The van der Waals surface area contributed by atoms with Crippen molar-refractivity contribution in [2.24, 2.45) is 0 Å². The molecule has 1 fully saturated rings. The molecule has 0 aromatic rings. The highest BCUT2D eigenvalue weighted by molar-refractivity contribution is 7.86. The maximum absolute atomic E-state index is 13.5. The Balaban J connectivity index is 3.09. The number of carbonyl (C=O) groups excluding carboxylic acids is 1. The molecular weight excluding hydrogens is 400 g/mol. The second kappa shape index (κ2) is 12.1. The van der Waals surface area contributed by atoms with Crippen molar-refractivity contribution in [1.29, 1.82) is 0 Å². The molecule has 2 atom stereocenters. The van der Waals surface area contributed by atoms with E-state index in [1.807, 2.05) is 58.0 Å². The smallest absolute Gasteiger partial charge is 0.410 e. The van der Waals surface area contributed by atoms with E-state index in [9.17, 15) is 9.00 Å². The van der Waals surface area contributed by atoms with Crippen molar-refractivity contribution in [1.82, 2.24) is 9.21 Å². The minimum absolute atomic E-state index is 0.0315. The molecular formula is C23H38N2O4S. The van der Waals surface area contributed by atoms with Crippen molar-refractivity contribution >= 4 is 17.1 Å². The summed E-state index contributed by atoms with van der Waals surface area (Å²) in [5, 5.41) is 0. The van der Waals surface area contributed by atoms with E-state index in [1.165, 1.54) is 0 Å². The number of rotatable bonds is 8. The molecule has 0 saturated carbocycles. The van der Waals surface area contributed by atoms with Gasteiger partial charge < -0.3 is 14.4 Å². The van der Waals surface area contributed by atoms with Gasteiger partial charge in [-0.1, -0.05) is 24.3 Å². The molecule has 0 spiro atoms. The van der Waals surface area contributed by atoms with Crippen LogP contribution in [-0.4, -0.2) is 57.9 Å². The van der Waals surface area contributed by atoms with Gasteiger partial charge in [0, 0.05) is 25.7 Å². The van der Waals surface area contributed by atoms with Crippen molar-refractivity contribution in [2.75, 3.05) is 26.7 Å². The van der Waals surface area contributed by atoms with Gasteiger partial charge >= 0.3 is 6.09 Å². The van der Waals surface area contributed by atoms with E-state index < -0.39 is 16.6 Å². The maximum atomic E-state index is 13.5. The summed E-state index contributed by atoms with van der Waals surface area (Å²) >= 11 is 0. The Morgan fingerprint density at radius 3 is 2.47 bits per heavy atom. The number of hydrogen-bond acceptors (Lipinski definition) is 4. The highest BCUT2D eigenvalue weighted by Gasteiger charge is 2.33. The molecule has 0 N–H and O–H groups in total. The number of nitrogens with zero attached hydrogens (tertiary/aromatic N) is 2. The second-order valence-corrected chi connectivity index (χ2v) is 9.82. The summed E-state index contributed by atoms with van der Waals surface area (Å²) in [6.45, 7) is 16.9. The van der Waals surface area contributed by atoms with Gasteiger partial charge in [-0.2, -0.15) is 0 Å². The number of hydrogen-bond donors (Lipinski definition) is 0. The number of ether oxygens (including phenoxy) is 2. The zero-order chi connectivity index (χ0) is 22.9. The van der Waals surface area contributed by atoms with E-state index >= 15 is 0 Å². The third-order valence-electron chi connectivity index (χ3n) is 4.75. The number of allylic oxidation sites excluding steroid dienone is 4. The van der Waals surface area contributed by atoms with Crippen LogP contribution >= 0.6 is 0 Å². The summed E-state index contributed by atoms with van der Waals surface area (Å²) in [5.74, 6) is 0.497. The van der Waals surface area contributed by atoms with Gasteiger partial charge in [0.25, 0.3) is 0 Å². The van der Waals surface area contributed by atoms with Crippen LogP contribution in [0.5, 0.6) is 0 Å². The summed E-state index contributed by atoms with van der Waals surface area (Å²) in [7, 11) is 0.160. The largest absolute Gasteiger partial charge is 0.497 e. The number of amides is 1. The topological polar surface area (TPSA) is 59.1 Å². The van der Waals surface area contributed by atoms with Crippen LogP contribution in [-0.2, 0) is 20.5 Å². The van der Waals surface area contributed by atoms with Crippen LogP contribution in [0.4, 0.5) is 4.79 Å². The van der Waals surface area contributed by atoms with Crippen LogP contribution < -0.4 is 0 Å².